The number of ether oxygens (including phenoxy) is 1. The zero-order chi connectivity index (χ0) is 8.27. The van der Waals surface area contributed by atoms with Crippen LogP contribution in [0.25, 0.3) is 0 Å². The lowest BCUT2D eigenvalue weighted by Crippen LogP contribution is -2.15. The van der Waals surface area contributed by atoms with Crippen molar-refractivity contribution in [3.05, 3.63) is 0 Å². The second-order valence-corrected chi connectivity index (χ2v) is 3.18. The van der Waals surface area contributed by atoms with E-state index in [1.54, 1.807) is 0 Å². The molecule has 0 radical (unpaired) electrons. The van der Waals surface area contributed by atoms with Crippen molar-refractivity contribution in [1.29, 1.82) is 0 Å². The lowest BCUT2D eigenvalue weighted by molar-refractivity contribution is -0.141. The third kappa shape index (κ3) is 2.19. The SMILES string of the molecule is COC(=O)CC1CNCC1C. The van der Waals surface area contributed by atoms with Crippen molar-refractivity contribution in [3.8, 4) is 0 Å². The molecule has 3 heteroatoms. The third-order valence-electron chi connectivity index (χ3n) is 2.33. The van der Waals surface area contributed by atoms with E-state index < -0.39 is 0 Å². The normalized spacial score (nSPS) is 30.4. The number of esters is 1. The monoisotopic (exact) mass is 157 g/mol. The van der Waals surface area contributed by atoms with Crippen molar-refractivity contribution in [2.45, 2.75) is 13.3 Å². The number of nitrogens with one attached hydrogen (secondary N) is 1. The van der Waals surface area contributed by atoms with Gasteiger partial charge in [-0.15, -0.1) is 0 Å². The fourth-order valence-electron chi connectivity index (χ4n) is 1.44. The Kier molecular flexibility index (Phi) is 2.88. The predicted molar refractivity (Wildman–Crippen MR) is 42.2 cm³/mol. The average molecular weight is 157 g/mol. The van der Waals surface area contributed by atoms with E-state index in [9.17, 15) is 4.79 Å². The second kappa shape index (κ2) is 3.72. The van der Waals surface area contributed by atoms with Crippen LogP contribution in [0.2, 0.25) is 0 Å². The second-order valence-electron chi connectivity index (χ2n) is 3.18. The number of carbonyl (C=O) groups excluding carboxylic acids is 1. The molecule has 1 saturated heterocycles. The molecule has 0 spiro atoms. The van der Waals surface area contributed by atoms with Crippen molar-refractivity contribution in [1.82, 2.24) is 5.32 Å². The van der Waals surface area contributed by atoms with Gasteiger partial charge in [-0.1, -0.05) is 6.92 Å². The first-order valence-corrected chi connectivity index (χ1v) is 4.01. The van der Waals surface area contributed by atoms with Gasteiger partial charge in [0.1, 0.15) is 0 Å². The van der Waals surface area contributed by atoms with Crippen LogP contribution in [0, 0.1) is 11.8 Å². The summed E-state index contributed by atoms with van der Waals surface area (Å²) in [7, 11) is 1.44. The number of rotatable bonds is 2. The van der Waals surface area contributed by atoms with Gasteiger partial charge in [0.05, 0.1) is 7.11 Å². The van der Waals surface area contributed by atoms with E-state index in [0.29, 0.717) is 18.3 Å². The molecule has 1 aliphatic heterocycles. The summed E-state index contributed by atoms with van der Waals surface area (Å²) < 4.78 is 4.59. The molecule has 2 atom stereocenters. The summed E-state index contributed by atoms with van der Waals surface area (Å²) in [4.78, 5) is 10.9. The van der Waals surface area contributed by atoms with Crippen molar-refractivity contribution in [2.24, 2.45) is 11.8 Å². The molecule has 64 valence electrons. The lowest BCUT2D eigenvalue weighted by atomic mass is 9.95. The lowest BCUT2D eigenvalue weighted by Gasteiger charge is -2.11. The maximum absolute atomic E-state index is 10.9. The van der Waals surface area contributed by atoms with Gasteiger partial charge in [-0.3, -0.25) is 4.79 Å². The van der Waals surface area contributed by atoms with Crippen molar-refractivity contribution in [2.75, 3.05) is 20.2 Å². The summed E-state index contributed by atoms with van der Waals surface area (Å²) in [6.45, 7) is 4.14. The van der Waals surface area contributed by atoms with Gasteiger partial charge >= 0.3 is 5.97 Å². The third-order valence-corrected chi connectivity index (χ3v) is 2.33. The Balaban J connectivity index is 2.30. The highest BCUT2D eigenvalue weighted by Crippen LogP contribution is 2.19. The predicted octanol–water partition coefficient (Wildman–Crippen LogP) is 0.405. The highest BCUT2D eigenvalue weighted by atomic mass is 16.5. The quantitative estimate of drug-likeness (QED) is 0.590. The van der Waals surface area contributed by atoms with Crippen molar-refractivity contribution < 1.29 is 9.53 Å². The van der Waals surface area contributed by atoms with Gasteiger partial charge in [0.2, 0.25) is 0 Å². The zero-order valence-corrected chi connectivity index (χ0v) is 7.09. The molecule has 1 heterocycles. The Morgan fingerprint density at radius 1 is 1.64 bits per heavy atom. The summed E-state index contributed by atoms with van der Waals surface area (Å²) in [6.07, 6.45) is 0.560. The van der Waals surface area contributed by atoms with Gasteiger partial charge in [-0.25, -0.2) is 0 Å². The van der Waals surface area contributed by atoms with E-state index in [1.807, 2.05) is 0 Å². The Morgan fingerprint density at radius 2 is 2.36 bits per heavy atom. The first kappa shape index (κ1) is 8.53. The van der Waals surface area contributed by atoms with Crippen LogP contribution in [0.4, 0.5) is 0 Å². The molecule has 0 aromatic heterocycles. The highest BCUT2D eigenvalue weighted by Gasteiger charge is 2.25. The minimum atomic E-state index is -0.0921. The van der Waals surface area contributed by atoms with Crippen LogP contribution in [0.5, 0.6) is 0 Å². The molecular formula is C8H15NO2. The van der Waals surface area contributed by atoms with Crippen molar-refractivity contribution >= 4 is 5.97 Å². The Labute approximate surface area is 67.1 Å². The topological polar surface area (TPSA) is 38.3 Å². The zero-order valence-electron chi connectivity index (χ0n) is 7.09. The van der Waals surface area contributed by atoms with Gasteiger partial charge in [-0.05, 0) is 24.9 Å². The standard InChI is InChI=1S/C8H15NO2/c1-6-4-9-5-7(6)3-8(10)11-2/h6-7,9H,3-5H2,1-2H3. The largest absolute Gasteiger partial charge is 0.469 e. The molecule has 1 fully saturated rings. The minimum Gasteiger partial charge on any atom is -0.469 e. The average Bonchev–Trinajstić information content (AvgIpc) is 2.37. The molecule has 11 heavy (non-hydrogen) atoms. The van der Waals surface area contributed by atoms with Gasteiger partial charge in [-0.2, -0.15) is 0 Å². The fourth-order valence-corrected chi connectivity index (χ4v) is 1.44. The molecular weight excluding hydrogens is 142 g/mol. The summed E-state index contributed by atoms with van der Waals surface area (Å²) in [5.74, 6) is 0.988. The fraction of sp³-hybridized carbons (Fsp3) is 0.875. The maximum atomic E-state index is 10.9. The highest BCUT2D eigenvalue weighted by molar-refractivity contribution is 5.69. The van der Waals surface area contributed by atoms with E-state index >= 15 is 0 Å². The Hall–Kier alpha value is -0.570. The molecule has 0 amide bonds. The Bertz CT molecular complexity index is 147. The maximum Gasteiger partial charge on any atom is 0.305 e. The van der Waals surface area contributed by atoms with E-state index in [-0.39, 0.29) is 5.97 Å². The summed E-state index contributed by atoms with van der Waals surface area (Å²) in [5, 5.41) is 3.24. The van der Waals surface area contributed by atoms with Crippen LogP contribution < -0.4 is 5.32 Å². The first-order valence-electron chi connectivity index (χ1n) is 4.01. The van der Waals surface area contributed by atoms with Crippen LogP contribution in [0.3, 0.4) is 0 Å². The number of methoxy groups -OCH3 is 1. The molecule has 3 nitrogen and oxygen atoms in total. The van der Waals surface area contributed by atoms with E-state index in [2.05, 4.69) is 17.0 Å². The smallest absolute Gasteiger partial charge is 0.305 e. The molecule has 0 aromatic rings. The molecule has 0 aromatic carbocycles. The summed E-state index contributed by atoms with van der Waals surface area (Å²) in [6, 6.07) is 0. The van der Waals surface area contributed by atoms with Crippen LogP contribution in [-0.2, 0) is 9.53 Å². The number of hydrogen-bond acceptors (Lipinski definition) is 3. The molecule has 1 aliphatic rings. The van der Waals surface area contributed by atoms with Crippen LogP contribution in [0.15, 0.2) is 0 Å². The summed E-state index contributed by atoms with van der Waals surface area (Å²) >= 11 is 0. The van der Waals surface area contributed by atoms with E-state index in [0.717, 1.165) is 13.1 Å². The van der Waals surface area contributed by atoms with Gasteiger partial charge < -0.3 is 10.1 Å². The van der Waals surface area contributed by atoms with E-state index in [1.165, 1.54) is 7.11 Å². The summed E-state index contributed by atoms with van der Waals surface area (Å²) in [5.41, 5.74) is 0. The van der Waals surface area contributed by atoms with Gasteiger partial charge in [0.15, 0.2) is 0 Å². The van der Waals surface area contributed by atoms with Gasteiger partial charge in [0, 0.05) is 6.42 Å². The molecule has 1 rings (SSSR count). The molecule has 1 N–H and O–H groups in total. The van der Waals surface area contributed by atoms with Crippen LogP contribution >= 0.6 is 0 Å². The molecule has 0 bridgehead atoms. The first-order chi connectivity index (χ1) is 5.24. The molecule has 2 unspecified atom stereocenters. The molecule has 0 saturated carbocycles. The minimum absolute atomic E-state index is 0.0921. The van der Waals surface area contributed by atoms with Crippen LogP contribution in [0.1, 0.15) is 13.3 Å². The van der Waals surface area contributed by atoms with Gasteiger partial charge in [0.25, 0.3) is 0 Å². The number of hydrogen-bond donors (Lipinski definition) is 1. The molecule has 0 aliphatic carbocycles. The van der Waals surface area contributed by atoms with E-state index in [4.69, 9.17) is 0 Å². The van der Waals surface area contributed by atoms with Crippen LogP contribution in [-0.4, -0.2) is 26.2 Å². The van der Waals surface area contributed by atoms with Crippen molar-refractivity contribution in [3.63, 3.8) is 0 Å². The number of carbonyl (C=O) groups is 1. The Morgan fingerprint density at radius 3 is 2.82 bits per heavy atom.